The fourth-order valence-electron chi connectivity index (χ4n) is 1.59. The van der Waals surface area contributed by atoms with Gasteiger partial charge in [-0.05, 0) is 24.6 Å². The number of carbonyl (C=O) groups excluding carboxylic acids is 1. The van der Waals surface area contributed by atoms with Crippen LogP contribution in [0.4, 0.5) is 14.5 Å². The van der Waals surface area contributed by atoms with Crippen LogP contribution in [0.25, 0.3) is 0 Å². The molecule has 0 radical (unpaired) electrons. The second-order valence-corrected chi connectivity index (χ2v) is 4.51. The normalized spacial score (nSPS) is 12.1. The minimum absolute atomic E-state index is 0.117. The summed E-state index contributed by atoms with van der Waals surface area (Å²) in [5.41, 5.74) is 0.702. The van der Waals surface area contributed by atoms with Gasteiger partial charge in [0.15, 0.2) is 0 Å². The largest absolute Gasteiger partial charge is 0.383 e. The molecule has 2 rings (SSSR count). The SMILES string of the molecule is CC(O/N=C/c1ccccc1)C(=O)Nc1ccc(F)cc1F. The summed E-state index contributed by atoms with van der Waals surface area (Å²) in [6.45, 7) is 1.47. The summed E-state index contributed by atoms with van der Waals surface area (Å²) >= 11 is 0. The Morgan fingerprint density at radius 2 is 1.95 bits per heavy atom. The molecule has 2 aromatic rings. The molecule has 0 bridgehead atoms. The molecule has 1 unspecified atom stereocenters. The number of nitrogens with zero attached hydrogens (tertiary/aromatic N) is 1. The zero-order chi connectivity index (χ0) is 15.9. The fourth-order valence-corrected chi connectivity index (χ4v) is 1.59. The zero-order valence-electron chi connectivity index (χ0n) is 11.8. The molecule has 0 fully saturated rings. The van der Waals surface area contributed by atoms with Crippen LogP contribution in [0.5, 0.6) is 0 Å². The summed E-state index contributed by atoms with van der Waals surface area (Å²) in [6.07, 6.45) is 0.534. The van der Waals surface area contributed by atoms with Crippen molar-refractivity contribution in [2.75, 3.05) is 5.32 Å². The van der Waals surface area contributed by atoms with E-state index in [9.17, 15) is 13.6 Å². The smallest absolute Gasteiger partial charge is 0.268 e. The quantitative estimate of drug-likeness (QED) is 0.680. The molecule has 0 saturated carbocycles. The van der Waals surface area contributed by atoms with Crippen LogP contribution in [-0.2, 0) is 9.63 Å². The Hall–Kier alpha value is -2.76. The topological polar surface area (TPSA) is 50.7 Å². The standard InChI is InChI=1S/C16H14F2N2O2/c1-11(22-19-10-12-5-3-2-4-6-12)16(21)20-15-8-7-13(17)9-14(15)18/h2-11H,1H3,(H,20,21)/b19-10+. The highest BCUT2D eigenvalue weighted by molar-refractivity contribution is 5.94. The molecule has 0 aliphatic heterocycles. The van der Waals surface area contributed by atoms with Crippen LogP contribution in [0, 0.1) is 11.6 Å². The predicted octanol–water partition coefficient (Wildman–Crippen LogP) is 3.34. The Labute approximate surface area is 126 Å². The lowest BCUT2D eigenvalue weighted by atomic mass is 10.2. The Morgan fingerprint density at radius 3 is 2.64 bits per heavy atom. The first-order valence-electron chi connectivity index (χ1n) is 6.56. The van der Waals surface area contributed by atoms with E-state index in [1.165, 1.54) is 13.1 Å². The Balaban J connectivity index is 1.91. The van der Waals surface area contributed by atoms with Gasteiger partial charge < -0.3 is 10.2 Å². The van der Waals surface area contributed by atoms with Gasteiger partial charge >= 0.3 is 0 Å². The zero-order valence-corrected chi connectivity index (χ0v) is 11.8. The number of anilines is 1. The Kier molecular flexibility index (Phi) is 5.19. The molecule has 0 aliphatic carbocycles. The number of amides is 1. The number of hydrogen-bond acceptors (Lipinski definition) is 3. The van der Waals surface area contributed by atoms with Crippen LogP contribution in [-0.4, -0.2) is 18.2 Å². The number of oxime groups is 1. The molecule has 0 spiro atoms. The lowest BCUT2D eigenvalue weighted by Crippen LogP contribution is -2.26. The summed E-state index contributed by atoms with van der Waals surface area (Å²) in [4.78, 5) is 16.8. The molecule has 1 amide bonds. The highest BCUT2D eigenvalue weighted by Gasteiger charge is 2.16. The van der Waals surface area contributed by atoms with Gasteiger partial charge in [0.05, 0.1) is 11.9 Å². The first-order chi connectivity index (χ1) is 10.6. The van der Waals surface area contributed by atoms with Gasteiger partial charge in [0.1, 0.15) is 11.6 Å². The summed E-state index contributed by atoms with van der Waals surface area (Å²) in [7, 11) is 0. The van der Waals surface area contributed by atoms with Gasteiger partial charge in [0, 0.05) is 6.07 Å². The van der Waals surface area contributed by atoms with E-state index in [1.54, 1.807) is 0 Å². The van der Waals surface area contributed by atoms with Crippen LogP contribution in [0.15, 0.2) is 53.7 Å². The molecule has 0 aliphatic rings. The summed E-state index contributed by atoms with van der Waals surface area (Å²) in [5, 5.41) is 6.01. The van der Waals surface area contributed by atoms with E-state index in [1.807, 2.05) is 30.3 Å². The van der Waals surface area contributed by atoms with E-state index in [-0.39, 0.29) is 5.69 Å². The van der Waals surface area contributed by atoms with Gasteiger partial charge in [-0.3, -0.25) is 4.79 Å². The maximum absolute atomic E-state index is 13.4. The van der Waals surface area contributed by atoms with Gasteiger partial charge in [0.25, 0.3) is 5.91 Å². The van der Waals surface area contributed by atoms with Crippen molar-refractivity contribution >= 4 is 17.8 Å². The van der Waals surface area contributed by atoms with E-state index in [2.05, 4.69) is 10.5 Å². The van der Waals surface area contributed by atoms with Crippen LogP contribution < -0.4 is 5.32 Å². The van der Waals surface area contributed by atoms with E-state index in [4.69, 9.17) is 4.84 Å². The van der Waals surface area contributed by atoms with Crippen LogP contribution in [0.2, 0.25) is 0 Å². The van der Waals surface area contributed by atoms with Crippen molar-refractivity contribution in [2.24, 2.45) is 5.16 Å². The van der Waals surface area contributed by atoms with Crippen molar-refractivity contribution in [3.05, 3.63) is 65.7 Å². The molecule has 1 atom stereocenters. The first kappa shape index (κ1) is 15.6. The number of hydrogen-bond donors (Lipinski definition) is 1. The number of rotatable bonds is 5. The molecular weight excluding hydrogens is 290 g/mol. The van der Waals surface area contributed by atoms with Gasteiger partial charge in [-0.1, -0.05) is 35.5 Å². The molecule has 114 valence electrons. The highest BCUT2D eigenvalue weighted by Crippen LogP contribution is 2.15. The minimum Gasteiger partial charge on any atom is -0.383 e. The van der Waals surface area contributed by atoms with E-state index in [0.717, 1.165) is 17.7 Å². The van der Waals surface area contributed by atoms with Crippen molar-refractivity contribution in [2.45, 2.75) is 13.0 Å². The molecule has 22 heavy (non-hydrogen) atoms. The molecule has 4 nitrogen and oxygen atoms in total. The molecular formula is C16H14F2N2O2. The van der Waals surface area contributed by atoms with Gasteiger partial charge in [0.2, 0.25) is 6.10 Å². The van der Waals surface area contributed by atoms with Crippen LogP contribution >= 0.6 is 0 Å². The first-order valence-corrected chi connectivity index (χ1v) is 6.56. The highest BCUT2D eigenvalue weighted by atomic mass is 19.1. The third-order valence-electron chi connectivity index (χ3n) is 2.78. The lowest BCUT2D eigenvalue weighted by Gasteiger charge is -2.11. The van der Waals surface area contributed by atoms with E-state index in [0.29, 0.717) is 6.07 Å². The lowest BCUT2D eigenvalue weighted by molar-refractivity contribution is -0.126. The van der Waals surface area contributed by atoms with Crippen LogP contribution in [0.1, 0.15) is 12.5 Å². The number of nitrogens with one attached hydrogen (secondary N) is 1. The van der Waals surface area contributed by atoms with Crippen molar-refractivity contribution in [1.29, 1.82) is 0 Å². The second kappa shape index (κ2) is 7.31. The van der Waals surface area contributed by atoms with Gasteiger partial charge in [-0.2, -0.15) is 0 Å². The Morgan fingerprint density at radius 1 is 1.23 bits per heavy atom. The van der Waals surface area contributed by atoms with E-state index >= 15 is 0 Å². The monoisotopic (exact) mass is 304 g/mol. The minimum atomic E-state index is -0.926. The summed E-state index contributed by atoms with van der Waals surface area (Å²) in [6, 6.07) is 12.1. The fraction of sp³-hybridized carbons (Fsp3) is 0.125. The maximum Gasteiger partial charge on any atom is 0.268 e. The predicted molar refractivity (Wildman–Crippen MR) is 79.6 cm³/mol. The molecule has 6 heteroatoms. The van der Waals surface area contributed by atoms with Crippen molar-refractivity contribution < 1.29 is 18.4 Å². The number of halogens is 2. The second-order valence-electron chi connectivity index (χ2n) is 4.51. The number of benzene rings is 2. The van der Waals surface area contributed by atoms with Gasteiger partial charge in [-0.25, -0.2) is 8.78 Å². The molecule has 1 N–H and O–H groups in total. The average Bonchev–Trinajstić information content (AvgIpc) is 2.51. The van der Waals surface area contributed by atoms with Crippen molar-refractivity contribution in [3.8, 4) is 0 Å². The molecule has 0 heterocycles. The molecule has 0 saturated heterocycles. The van der Waals surface area contributed by atoms with Gasteiger partial charge in [-0.15, -0.1) is 0 Å². The Bertz CT molecular complexity index is 675. The summed E-state index contributed by atoms with van der Waals surface area (Å²) < 4.78 is 26.2. The molecule has 2 aromatic carbocycles. The number of carbonyl (C=O) groups is 1. The van der Waals surface area contributed by atoms with Crippen LogP contribution in [0.3, 0.4) is 0 Å². The third-order valence-corrected chi connectivity index (χ3v) is 2.78. The maximum atomic E-state index is 13.4. The molecule has 0 aromatic heterocycles. The third kappa shape index (κ3) is 4.37. The van der Waals surface area contributed by atoms with E-state index < -0.39 is 23.6 Å². The van der Waals surface area contributed by atoms with Crippen molar-refractivity contribution in [3.63, 3.8) is 0 Å². The average molecular weight is 304 g/mol. The van der Waals surface area contributed by atoms with Crippen molar-refractivity contribution in [1.82, 2.24) is 0 Å². The summed E-state index contributed by atoms with van der Waals surface area (Å²) in [5.74, 6) is -2.16.